The number of aromatic hydroxyl groups is 1. The Hall–Kier alpha value is -2.70. The van der Waals surface area contributed by atoms with Crippen LogP contribution in [0.1, 0.15) is 22.5 Å². The largest absolute Gasteiger partial charge is 0.508 e. The van der Waals surface area contributed by atoms with Crippen LogP contribution in [0, 0.1) is 6.92 Å². The van der Waals surface area contributed by atoms with Crippen LogP contribution in [0.4, 0.5) is 4.79 Å². The minimum absolute atomic E-state index is 0.0558. The number of hydrogen-bond acceptors (Lipinski definition) is 4. The number of hydrogen-bond donors (Lipinski definition) is 3. The molecular weight excluding hydrogens is 288 g/mol. The minimum atomic E-state index is -0.980. The maximum atomic E-state index is 12.5. The van der Waals surface area contributed by atoms with Gasteiger partial charge >= 0.3 is 6.09 Å². The third kappa shape index (κ3) is 2.45. The first kappa shape index (κ1) is 14.2. The maximum Gasteiger partial charge on any atom is 0.407 e. The summed E-state index contributed by atoms with van der Waals surface area (Å²) in [4.78, 5) is 24.6. The van der Waals surface area contributed by atoms with Gasteiger partial charge in [0.2, 0.25) is 0 Å². The number of nitrogens with one attached hydrogen (secondary N) is 1. The van der Waals surface area contributed by atoms with Crippen molar-refractivity contribution in [2.75, 3.05) is 13.1 Å². The van der Waals surface area contributed by atoms with Crippen LogP contribution in [0.15, 0.2) is 22.6 Å². The number of rotatable bonds is 2. The molecule has 1 unspecified atom stereocenters. The fourth-order valence-electron chi connectivity index (χ4n) is 2.80. The predicted molar refractivity (Wildman–Crippen MR) is 78.1 cm³/mol. The first-order valence-corrected chi connectivity index (χ1v) is 6.96. The van der Waals surface area contributed by atoms with Crippen LogP contribution in [0.5, 0.6) is 5.75 Å². The number of carbonyl (C=O) groups is 2. The van der Waals surface area contributed by atoms with Gasteiger partial charge in [0, 0.05) is 24.5 Å². The number of carbonyl (C=O) groups excluding carboxylic acids is 1. The Bertz CT molecular complexity index is 752. The quantitative estimate of drug-likeness (QED) is 0.786. The molecule has 0 aliphatic carbocycles. The number of aryl methyl sites for hydroxylation is 1. The van der Waals surface area contributed by atoms with Gasteiger partial charge in [0.1, 0.15) is 17.1 Å². The van der Waals surface area contributed by atoms with Crippen LogP contribution in [-0.4, -0.2) is 46.2 Å². The highest BCUT2D eigenvalue weighted by atomic mass is 16.4. The number of carboxylic acid groups (broad SMARTS) is 1. The molecule has 7 nitrogen and oxygen atoms in total. The van der Waals surface area contributed by atoms with Gasteiger partial charge in [-0.15, -0.1) is 0 Å². The van der Waals surface area contributed by atoms with E-state index in [1.807, 2.05) is 0 Å². The lowest BCUT2D eigenvalue weighted by atomic mass is 10.1. The van der Waals surface area contributed by atoms with E-state index >= 15 is 0 Å². The maximum absolute atomic E-state index is 12.5. The Morgan fingerprint density at radius 2 is 2.18 bits per heavy atom. The van der Waals surface area contributed by atoms with Gasteiger partial charge in [-0.1, -0.05) is 0 Å². The van der Waals surface area contributed by atoms with Gasteiger partial charge in [-0.05, 0) is 31.5 Å². The number of phenols is 1. The van der Waals surface area contributed by atoms with Crippen LogP contribution in [0.2, 0.25) is 0 Å². The molecule has 1 aromatic heterocycles. The summed E-state index contributed by atoms with van der Waals surface area (Å²) in [5.41, 5.74) is 0.902. The predicted octanol–water partition coefficient (Wildman–Crippen LogP) is 1.93. The van der Waals surface area contributed by atoms with Crippen LogP contribution in [0.25, 0.3) is 11.0 Å². The van der Waals surface area contributed by atoms with E-state index in [9.17, 15) is 14.7 Å². The van der Waals surface area contributed by atoms with Crippen LogP contribution < -0.4 is 5.32 Å². The first-order chi connectivity index (χ1) is 10.5. The second-order valence-corrected chi connectivity index (χ2v) is 5.40. The second-order valence-electron chi connectivity index (χ2n) is 5.40. The fourth-order valence-corrected chi connectivity index (χ4v) is 2.80. The van der Waals surface area contributed by atoms with E-state index in [4.69, 9.17) is 9.52 Å². The van der Waals surface area contributed by atoms with Gasteiger partial charge in [-0.25, -0.2) is 4.79 Å². The van der Waals surface area contributed by atoms with Crippen molar-refractivity contribution in [3.63, 3.8) is 0 Å². The molecule has 3 rings (SSSR count). The number of nitrogens with zero attached hydrogens (tertiary/aromatic N) is 1. The SMILES string of the molecule is Cc1oc2ccc(O)cc2c1C(=O)NC1CCN(C(=O)O)C1. The molecule has 0 spiro atoms. The van der Waals surface area contributed by atoms with Crippen molar-refractivity contribution in [2.24, 2.45) is 0 Å². The van der Waals surface area contributed by atoms with Crippen molar-refractivity contribution >= 4 is 23.0 Å². The normalized spacial score (nSPS) is 17.9. The molecule has 1 aliphatic rings. The van der Waals surface area contributed by atoms with Gasteiger partial charge in [0.25, 0.3) is 5.91 Å². The summed E-state index contributed by atoms with van der Waals surface area (Å²) >= 11 is 0. The van der Waals surface area contributed by atoms with Gasteiger partial charge in [0.15, 0.2) is 0 Å². The topological polar surface area (TPSA) is 103 Å². The van der Waals surface area contributed by atoms with Crippen molar-refractivity contribution in [3.8, 4) is 5.75 Å². The molecule has 1 atom stereocenters. The molecule has 22 heavy (non-hydrogen) atoms. The molecule has 7 heteroatoms. The minimum Gasteiger partial charge on any atom is -0.508 e. The molecule has 0 radical (unpaired) electrons. The van der Waals surface area contributed by atoms with Gasteiger partial charge < -0.3 is 24.8 Å². The smallest absolute Gasteiger partial charge is 0.407 e. The molecule has 1 aromatic carbocycles. The Morgan fingerprint density at radius 3 is 2.86 bits per heavy atom. The number of phenolic OH excluding ortho intramolecular Hbond substituents is 1. The van der Waals surface area contributed by atoms with Crippen LogP contribution in [-0.2, 0) is 0 Å². The van der Waals surface area contributed by atoms with E-state index in [1.54, 1.807) is 13.0 Å². The van der Waals surface area contributed by atoms with E-state index in [2.05, 4.69) is 5.32 Å². The number of benzene rings is 1. The average molecular weight is 304 g/mol. The van der Waals surface area contributed by atoms with Crippen molar-refractivity contribution < 1.29 is 24.2 Å². The van der Waals surface area contributed by atoms with E-state index in [0.29, 0.717) is 35.3 Å². The highest BCUT2D eigenvalue weighted by Gasteiger charge is 2.28. The van der Waals surface area contributed by atoms with Gasteiger partial charge in [0.05, 0.1) is 5.56 Å². The number of likely N-dealkylation sites (tertiary alicyclic amines) is 1. The molecule has 1 fully saturated rings. The van der Waals surface area contributed by atoms with E-state index in [-0.39, 0.29) is 24.2 Å². The van der Waals surface area contributed by atoms with Crippen molar-refractivity contribution in [3.05, 3.63) is 29.5 Å². The zero-order valence-electron chi connectivity index (χ0n) is 12.0. The molecule has 116 valence electrons. The lowest BCUT2D eigenvalue weighted by Crippen LogP contribution is -2.38. The lowest BCUT2D eigenvalue weighted by Gasteiger charge is -2.13. The van der Waals surface area contributed by atoms with E-state index < -0.39 is 6.09 Å². The Labute approximate surface area is 126 Å². The van der Waals surface area contributed by atoms with Crippen molar-refractivity contribution in [1.29, 1.82) is 0 Å². The Kier molecular flexibility index (Phi) is 3.40. The first-order valence-electron chi connectivity index (χ1n) is 6.96. The summed E-state index contributed by atoms with van der Waals surface area (Å²) in [6.45, 7) is 2.37. The third-order valence-electron chi connectivity index (χ3n) is 3.87. The monoisotopic (exact) mass is 304 g/mol. The summed E-state index contributed by atoms with van der Waals surface area (Å²) < 4.78 is 5.52. The fraction of sp³-hybridized carbons (Fsp3) is 0.333. The number of fused-ring (bicyclic) bond motifs is 1. The molecule has 3 N–H and O–H groups in total. The summed E-state index contributed by atoms with van der Waals surface area (Å²) in [5, 5.41) is 21.9. The summed E-state index contributed by atoms with van der Waals surface area (Å²) in [6.07, 6.45) is -0.399. The third-order valence-corrected chi connectivity index (χ3v) is 3.87. The summed E-state index contributed by atoms with van der Waals surface area (Å²) in [6, 6.07) is 4.37. The molecule has 2 heterocycles. The number of amides is 2. The van der Waals surface area contributed by atoms with Gasteiger partial charge in [-0.3, -0.25) is 4.79 Å². The standard InChI is InChI=1S/C15H16N2O5/c1-8-13(11-6-10(18)2-3-12(11)22-8)14(19)16-9-4-5-17(7-9)15(20)21/h2-3,6,9,18H,4-5,7H2,1H3,(H,16,19)(H,20,21). The van der Waals surface area contributed by atoms with Crippen LogP contribution >= 0.6 is 0 Å². The highest BCUT2D eigenvalue weighted by molar-refractivity contribution is 6.07. The Balaban J connectivity index is 1.82. The molecule has 0 bridgehead atoms. The number of furan rings is 1. The van der Waals surface area contributed by atoms with E-state index in [1.165, 1.54) is 17.0 Å². The van der Waals surface area contributed by atoms with Crippen molar-refractivity contribution in [1.82, 2.24) is 10.2 Å². The Morgan fingerprint density at radius 1 is 1.41 bits per heavy atom. The molecule has 0 saturated carbocycles. The molecule has 2 aromatic rings. The molecule has 2 amide bonds. The van der Waals surface area contributed by atoms with Crippen molar-refractivity contribution in [2.45, 2.75) is 19.4 Å². The second kappa shape index (κ2) is 5.25. The molecule has 1 saturated heterocycles. The summed E-state index contributed by atoms with van der Waals surface area (Å²) in [5.74, 6) is 0.200. The molecular formula is C15H16N2O5. The van der Waals surface area contributed by atoms with Crippen LogP contribution in [0.3, 0.4) is 0 Å². The molecule has 1 aliphatic heterocycles. The highest BCUT2D eigenvalue weighted by Crippen LogP contribution is 2.28. The van der Waals surface area contributed by atoms with E-state index in [0.717, 1.165) is 0 Å². The lowest BCUT2D eigenvalue weighted by molar-refractivity contribution is 0.0935. The van der Waals surface area contributed by atoms with Gasteiger partial charge in [-0.2, -0.15) is 0 Å². The summed E-state index contributed by atoms with van der Waals surface area (Å²) in [7, 11) is 0. The zero-order chi connectivity index (χ0) is 15.9. The average Bonchev–Trinajstić information content (AvgIpc) is 3.02. The zero-order valence-corrected chi connectivity index (χ0v) is 12.0.